The molecule has 0 bridgehead atoms. The number of hydrogen-bond donors (Lipinski definition) is 0. The lowest BCUT2D eigenvalue weighted by molar-refractivity contribution is -0.117. The standard InChI is InChI=1S/C15H18N2O3S2/c1-3-14(18)16-15-17(11-6-4-10(2)5-7-11)12-8-22(19,20)9-13(12)21-15/h4-7,12-13H,3,8-9H2,1-2H3/t12-,13-/m1/s1. The molecule has 118 valence electrons. The minimum atomic E-state index is -3.01. The van der Waals surface area contributed by atoms with Crippen LogP contribution in [0.25, 0.3) is 0 Å². The number of hydrogen-bond acceptors (Lipinski definition) is 4. The molecule has 0 unspecified atom stereocenters. The van der Waals surface area contributed by atoms with Crippen molar-refractivity contribution in [3.05, 3.63) is 29.8 Å². The molecule has 3 rings (SSSR count). The second-order valence-corrected chi connectivity index (χ2v) is 9.01. The zero-order chi connectivity index (χ0) is 15.9. The number of aryl methyl sites for hydroxylation is 1. The summed E-state index contributed by atoms with van der Waals surface area (Å²) in [6.45, 7) is 3.77. The smallest absolute Gasteiger partial charge is 0.247 e. The molecule has 22 heavy (non-hydrogen) atoms. The van der Waals surface area contributed by atoms with Crippen LogP contribution < -0.4 is 4.90 Å². The molecule has 2 saturated heterocycles. The van der Waals surface area contributed by atoms with Crippen LogP contribution in [0.2, 0.25) is 0 Å². The second kappa shape index (κ2) is 5.70. The number of thioether (sulfide) groups is 1. The highest BCUT2D eigenvalue weighted by molar-refractivity contribution is 8.16. The number of sulfone groups is 1. The summed E-state index contributed by atoms with van der Waals surface area (Å²) in [7, 11) is -3.01. The molecule has 2 atom stereocenters. The Kier molecular flexibility index (Phi) is 4.03. The van der Waals surface area contributed by atoms with Gasteiger partial charge in [0.05, 0.1) is 17.5 Å². The molecule has 5 nitrogen and oxygen atoms in total. The molecule has 2 heterocycles. The van der Waals surface area contributed by atoms with E-state index in [1.807, 2.05) is 36.1 Å². The van der Waals surface area contributed by atoms with Gasteiger partial charge in [0.1, 0.15) is 0 Å². The van der Waals surface area contributed by atoms with E-state index in [0.29, 0.717) is 11.6 Å². The van der Waals surface area contributed by atoms with Crippen molar-refractivity contribution in [2.24, 2.45) is 4.99 Å². The summed E-state index contributed by atoms with van der Waals surface area (Å²) in [5, 5.41) is 0.579. The normalized spacial score (nSPS) is 28.1. The van der Waals surface area contributed by atoms with Gasteiger partial charge in [-0.05, 0) is 19.1 Å². The van der Waals surface area contributed by atoms with Crippen LogP contribution in [0, 0.1) is 6.92 Å². The lowest BCUT2D eigenvalue weighted by Gasteiger charge is -2.24. The minimum absolute atomic E-state index is 0.0466. The van der Waals surface area contributed by atoms with Crippen molar-refractivity contribution >= 4 is 38.4 Å². The maximum Gasteiger partial charge on any atom is 0.247 e. The Hall–Kier alpha value is -1.34. The van der Waals surface area contributed by atoms with Crippen LogP contribution in [-0.2, 0) is 14.6 Å². The predicted octanol–water partition coefficient (Wildman–Crippen LogP) is 2.01. The molecule has 7 heteroatoms. The number of amidine groups is 1. The monoisotopic (exact) mass is 338 g/mol. The van der Waals surface area contributed by atoms with Crippen molar-refractivity contribution in [2.45, 2.75) is 31.6 Å². The third-order valence-electron chi connectivity index (χ3n) is 3.90. The zero-order valence-electron chi connectivity index (χ0n) is 12.5. The van der Waals surface area contributed by atoms with Gasteiger partial charge in [-0.1, -0.05) is 36.4 Å². The largest absolute Gasteiger partial charge is 0.316 e. The Morgan fingerprint density at radius 3 is 2.64 bits per heavy atom. The summed E-state index contributed by atoms with van der Waals surface area (Å²) in [6.07, 6.45) is 0.347. The lowest BCUT2D eigenvalue weighted by atomic mass is 10.1. The summed E-state index contributed by atoms with van der Waals surface area (Å²) in [5.41, 5.74) is 2.03. The van der Waals surface area contributed by atoms with Gasteiger partial charge < -0.3 is 4.90 Å². The SMILES string of the molecule is CCC(=O)N=C1S[C@@H]2CS(=O)(=O)C[C@H]2N1c1ccc(C)cc1. The Bertz CT molecular complexity index is 726. The molecule has 0 aromatic heterocycles. The Labute approximate surface area is 134 Å². The van der Waals surface area contributed by atoms with Gasteiger partial charge in [-0.15, -0.1) is 0 Å². The van der Waals surface area contributed by atoms with Crippen LogP contribution in [0.3, 0.4) is 0 Å². The van der Waals surface area contributed by atoms with E-state index >= 15 is 0 Å². The highest BCUT2D eigenvalue weighted by atomic mass is 32.2. The maximum atomic E-state index is 11.9. The van der Waals surface area contributed by atoms with Gasteiger partial charge in [0.2, 0.25) is 5.91 Å². The average molecular weight is 338 g/mol. The summed E-state index contributed by atoms with van der Waals surface area (Å²) < 4.78 is 23.8. The number of aliphatic imine (C=N–C) groups is 1. The zero-order valence-corrected chi connectivity index (χ0v) is 14.2. The fraction of sp³-hybridized carbons (Fsp3) is 0.467. The van der Waals surface area contributed by atoms with E-state index in [2.05, 4.69) is 4.99 Å². The van der Waals surface area contributed by atoms with E-state index in [4.69, 9.17) is 0 Å². The molecule has 0 radical (unpaired) electrons. The van der Waals surface area contributed by atoms with E-state index in [1.165, 1.54) is 11.8 Å². The molecule has 1 aromatic carbocycles. The molecule has 2 fully saturated rings. The predicted molar refractivity (Wildman–Crippen MR) is 90.2 cm³/mol. The first-order chi connectivity index (χ1) is 10.4. The summed E-state index contributed by atoms with van der Waals surface area (Å²) in [4.78, 5) is 17.8. The lowest BCUT2D eigenvalue weighted by Crippen LogP contribution is -2.37. The van der Waals surface area contributed by atoms with Gasteiger partial charge in [-0.2, -0.15) is 4.99 Å². The fourth-order valence-electron chi connectivity index (χ4n) is 2.76. The van der Waals surface area contributed by atoms with Crippen LogP contribution in [0.15, 0.2) is 29.3 Å². The van der Waals surface area contributed by atoms with Crippen molar-refractivity contribution in [1.29, 1.82) is 0 Å². The average Bonchev–Trinajstić information content (AvgIpc) is 2.91. The Morgan fingerprint density at radius 1 is 1.32 bits per heavy atom. The summed E-state index contributed by atoms with van der Waals surface area (Å²) in [5.74, 6) is 0.101. The van der Waals surface area contributed by atoms with Gasteiger partial charge in [-0.25, -0.2) is 8.42 Å². The van der Waals surface area contributed by atoms with Crippen molar-refractivity contribution in [3.8, 4) is 0 Å². The van der Waals surface area contributed by atoms with Crippen LogP contribution in [-0.4, -0.2) is 42.3 Å². The van der Waals surface area contributed by atoms with Crippen LogP contribution in [0.5, 0.6) is 0 Å². The maximum absolute atomic E-state index is 11.9. The van der Waals surface area contributed by atoms with Crippen LogP contribution >= 0.6 is 11.8 Å². The number of carbonyl (C=O) groups excluding carboxylic acids is 1. The van der Waals surface area contributed by atoms with E-state index < -0.39 is 9.84 Å². The van der Waals surface area contributed by atoms with E-state index in [1.54, 1.807) is 6.92 Å². The molecule has 2 aliphatic heterocycles. The molecular weight excluding hydrogens is 320 g/mol. The van der Waals surface area contributed by atoms with E-state index in [-0.39, 0.29) is 28.7 Å². The first-order valence-corrected chi connectivity index (χ1v) is 9.94. The Balaban J connectivity index is 2.01. The highest BCUT2D eigenvalue weighted by Crippen LogP contribution is 2.40. The molecule has 0 aliphatic carbocycles. The van der Waals surface area contributed by atoms with Gasteiger partial charge in [-0.3, -0.25) is 4.79 Å². The van der Waals surface area contributed by atoms with E-state index in [9.17, 15) is 13.2 Å². The molecule has 0 N–H and O–H groups in total. The fourth-order valence-corrected chi connectivity index (χ4v) is 6.69. The number of benzene rings is 1. The van der Waals surface area contributed by atoms with Crippen molar-refractivity contribution in [2.75, 3.05) is 16.4 Å². The van der Waals surface area contributed by atoms with Gasteiger partial charge in [0.25, 0.3) is 0 Å². The molecule has 1 aromatic rings. The molecule has 2 aliphatic rings. The minimum Gasteiger partial charge on any atom is -0.316 e. The first-order valence-electron chi connectivity index (χ1n) is 7.24. The van der Waals surface area contributed by atoms with Crippen LogP contribution in [0.1, 0.15) is 18.9 Å². The number of anilines is 1. The first kappa shape index (κ1) is 15.6. The Morgan fingerprint density at radius 2 is 2.00 bits per heavy atom. The highest BCUT2D eigenvalue weighted by Gasteiger charge is 2.49. The van der Waals surface area contributed by atoms with Crippen molar-refractivity contribution < 1.29 is 13.2 Å². The number of carbonyl (C=O) groups is 1. The van der Waals surface area contributed by atoms with Crippen LogP contribution in [0.4, 0.5) is 5.69 Å². The second-order valence-electron chi connectivity index (χ2n) is 5.65. The molecule has 0 spiro atoms. The third-order valence-corrected chi connectivity index (χ3v) is 7.11. The quantitative estimate of drug-likeness (QED) is 0.825. The summed E-state index contributed by atoms with van der Waals surface area (Å²) >= 11 is 1.41. The third kappa shape index (κ3) is 2.92. The van der Waals surface area contributed by atoms with Crippen molar-refractivity contribution in [1.82, 2.24) is 0 Å². The topological polar surface area (TPSA) is 66.8 Å². The van der Waals surface area contributed by atoms with Crippen molar-refractivity contribution in [3.63, 3.8) is 0 Å². The number of fused-ring (bicyclic) bond motifs is 1. The summed E-state index contributed by atoms with van der Waals surface area (Å²) in [6, 6.07) is 7.73. The van der Waals surface area contributed by atoms with Gasteiger partial charge in [0, 0.05) is 17.4 Å². The van der Waals surface area contributed by atoms with Gasteiger partial charge in [0.15, 0.2) is 15.0 Å². The molecular formula is C15H18N2O3S2. The number of rotatable bonds is 2. The molecule has 0 saturated carbocycles. The van der Waals surface area contributed by atoms with E-state index in [0.717, 1.165) is 11.3 Å². The number of nitrogens with zero attached hydrogens (tertiary/aromatic N) is 2. The number of amides is 1. The van der Waals surface area contributed by atoms with Gasteiger partial charge >= 0.3 is 0 Å². The molecule has 1 amide bonds.